The van der Waals surface area contributed by atoms with Gasteiger partial charge < -0.3 is 39.6 Å². The normalized spacial score (nSPS) is 33.7. The second-order valence-electron chi connectivity index (χ2n) is 4.55. The molecule has 0 heterocycles. The zero-order chi connectivity index (χ0) is 18.2. The Morgan fingerprint density at radius 3 is 1.43 bits per heavy atom. The molecule has 0 amide bonds. The maximum absolute atomic E-state index is 10.9. The number of rotatable bonds is 6. The summed E-state index contributed by atoms with van der Waals surface area (Å²) in [5.41, 5.74) is 0. The fourth-order valence-corrected chi connectivity index (χ4v) is 3.69. The lowest BCUT2D eigenvalue weighted by molar-refractivity contribution is -0.166. The van der Waals surface area contributed by atoms with Crippen molar-refractivity contribution >= 4 is 23.5 Å². The van der Waals surface area contributed by atoms with E-state index < -0.39 is 60.4 Å². The Labute approximate surface area is 128 Å². The van der Waals surface area contributed by atoms with Gasteiger partial charge >= 0.3 is 23.5 Å². The van der Waals surface area contributed by atoms with Gasteiger partial charge in [-0.15, -0.1) is 0 Å². The first-order valence-corrected chi connectivity index (χ1v) is 10.3. The molecule has 0 aliphatic heterocycles. The van der Waals surface area contributed by atoms with Crippen LogP contribution in [-0.2, 0) is 27.3 Å². The summed E-state index contributed by atoms with van der Waals surface area (Å²) in [4.78, 5) is 52.4. The molecule has 0 aromatic carbocycles. The van der Waals surface area contributed by atoms with Crippen molar-refractivity contribution in [1.29, 1.82) is 0 Å². The average molecular weight is 404 g/mol. The molecule has 1 fully saturated rings. The summed E-state index contributed by atoms with van der Waals surface area (Å²) in [6.07, 6.45) is -11.1. The lowest BCUT2D eigenvalue weighted by Gasteiger charge is -2.41. The third kappa shape index (κ3) is 7.34. The van der Waals surface area contributed by atoms with E-state index in [4.69, 9.17) is 29.4 Å². The molecule has 0 aromatic heterocycles. The summed E-state index contributed by atoms with van der Waals surface area (Å²) < 4.78 is 45.0. The van der Waals surface area contributed by atoms with E-state index in [9.17, 15) is 23.9 Å². The molecule has 0 bridgehead atoms. The van der Waals surface area contributed by atoms with Crippen molar-refractivity contribution < 1.29 is 66.8 Å². The quantitative estimate of drug-likeness (QED) is 0.214. The molecule has 5 atom stereocenters. The van der Waals surface area contributed by atoms with E-state index in [1.165, 1.54) is 0 Å². The highest BCUT2D eigenvalue weighted by molar-refractivity contribution is 7.46. The topological polar surface area (TPSA) is 241 Å². The van der Waals surface area contributed by atoms with Gasteiger partial charge in [-0.2, -0.15) is 0 Å². The SMILES string of the molecule is O=P(O)(O)O[C@@H]1[C@@H](O)[C@@H](O)[C@H](OP(=O)(O)O)C[C@@H]1OP(=O)(O)O. The highest BCUT2D eigenvalue weighted by atomic mass is 31.2. The predicted octanol–water partition coefficient (Wildman–Crippen LogP) is -2.45. The van der Waals surface area contributed by atoms with Crippen LogP contribution in [0.1, 0.15) is 6.42 Å². The van der Waals surface area contributed by atoms with Crippen molar-refractivity contribution in [2.24, 2.45) is 0 Å². The first kappa shape index (κ1) is 21.3. The van der Waals surface area contributed by atoms with Crippen LogP contribution in [0.5, 0.6) is 0 Å². The van der Waals surface area contributed by atoms with Crippen molar-refractivity contribution in [3.05, 3.63) is 0 Å². The molecule has 0 radical (unpaired) electrons. The minimum atomic E-state index is -5.26. The monoisotopic (exact) mass is 404 g/mol. The van der Waals surface area contributed by atoms with Crippen molar-refractivity contribution in [3.8, 4) is 0 Å². The van der Waals surface area contributed by atoms with E-state index >= 15 is 0 Å². The molecule has 8 N–H and O–H groups in total. The van der Waals surface area contributed by atoms with Crippen LogP contribution in [0.25, 0.3) is 0 Å². The fourth-order valence-electron chi connectivity index (χ4n) is 1.99. The van der Waals surface area contributed by atoms with E-state index in [1.54, 1.807) is 0 Å². The van der Waals surface area contributed by atoms with Crippen molar-refractivity contribution in [2.75, 3.05) is 0 Å². The molecule has 0 aromatic rings. The van der Waals surface area contributed by atoms with Gasteiger partial charge in [0.2, 0.25) is 0 Å². The Balaban J connectivity index is 3.08. The summed E-state index contributed by atoms with van der Waals surface area (Å²) in [5, 5.41) is 19.4. The summed E-state index contributed by atoms with van der Waals surface area (Å²) in [5.74, 6) is 0. The minimum absolute atomic E-state index is 0.848. The zero-order valence-corrected chi connectivity index (χ0v) is 13.6. The number of hydrogen-bond donors (Lipinski definition) is 8. The molecular formula is C6H15O14P3. The Hall–Kier alpha value is 0.250. The largest absolute Gasteiger partial charge is 0.470 e. The van der Waals surface area contributed by atoms with Crippen LogP contribution in [0, 0.1) is 0 Å². The highest BCUT2D eigenvalue weighted by Crippen LogP contribution is 2.48. The predicted molar refractivity (Wildman–Crippen MR) is 67.4 cm³/mol. The van der Waals surface area contributed by atoms with Crippen LogP contribution < -0.4 is 0 Å². The van der Waals surface area contributed by atoms with Crippen LogP contribution in [0.3, 0.4) is 0 Å². The zero-order valence-electron chi connectivity index (χ0n) is 11.0. The molecule has 0 saturated heterocycles. The molecule has 23 heavy (non-hydrogen) atoms. The molecule has 17 heteroatoms. The van der Waals surface area contributed by atoms with Crippen LogP contribution in [0.4, 0.5) is 0 Å². The molecule has 1 saturated carbocycles. The van der Waals surface area contributed by atoms with E-state index in [1.807, 2.05) is 0 Å². The fraction of sp³-hybridized carbons (Fsp3) is 1.00. The molecule has 1 aliphatic carbocycles. The smallest absolute Gasteiger partial charge is 0.388 e. The van der Waals surface area contributed by atoms with E-state index in [0.717, 1.165) is 0 Å². The summed E-state index contributed by atoms with van der Waals surface area (Å²) in [6, 6.07) is 0. The molecule has 1 rings (SSSR count). The molecular weight excluding hydrogens is 389 g/mol. The highest BCUT2D eigenvalue weighted by Gasteiger charge is 2.51. The van der Waals surface area contributed by atoms with Gasteiger partial charge in [-0.05, 0) is 0 Å². The van der Waals surface area contributed by atoms with E-state index in [2.05, 4.69) is 13.6 Å². The molecule has 1 aliphatic rings. The summed E-state index contributed by atoms with van der Waals surface area (Å²) in [7, 11) is -15.6. The van der Waals surface area contributed by atoms with Gasteiger partial charge in [-0.1, -0.05) is 0 Å². The van der Waals surface area contributed by atoms with E-state index in [-0.39, 0.29) is 0 Å². The maximum atomic E-state index is 10.9. The Morgan fingerprint density at radius 1 is 0.652 bits per heavy atom. The third-order valence-corrected chi connectivity index (χ3v) is 4.31. The Kier molecular flexibility index (Phi) is 6.70. The summed E-state index contributed by atoms with van der Waals surface area (Å²) >= 11 is 0. The molecule has 0 spiro atoms. The van der Waals surface area contributed by atoms with Gasteiger partial charge in [0.15, 0.2) is 0 Å². The van der Waals surface area contributed by atoms with Crippen molar-refractivity contribution in [2.45, 2.75) is 36.9 Å². The van der Waals surface area contributed by atoms with Crippen LogP contribution >= 0.6 is 23.5 Å². The average Bonchev–Trinajstić information content (AvgIpc) is 2.26. The number of phosphoric acid groups is 3. The molecule has 0 unspecified atom stereocenters. The second-order valence-corrected chi connectivity index (χ2v) is 8.12. The number of aliphatic hydroxyl groups excluding tert-OH is 2. The molecule has 138 valence electrons. The standard InChI is InChI=1S/C6H15O14P3/c7-4-2(18-21(9,10)11)1-3(19-22(12,13)14)6(5(4)8)20-23(15,16)17/h2-8H,1H2,(H2,9,10,11)(H2,12,13,14)(H2,15,16,17)/t2-,3+,4+,5+,6+/m1/s1. The van der Waals surface area contributed by atoms with Gasteiger partial charge in [0.05, 0.1) is 0 Å². The minimum Gasteiger partial charge on any atom is -0.388 e. The van der Waals surface area contributed by atoms with Crippen molar-refractivity contribution in [3.63, 3.8) is 0 Å². The first-order chi connectivity index (χ1) is 10.1. The maximum Gasteiger partial charge on any atom is 0.470 e. The van der Waals surface area contributed by atoms with Crippen LogP contribution in [-0.4, -0.2) is 70.1 Å². The third-order valence-electron chi connectivity index (χ3n) is 2.70. The summed E-state index contributed by atoms with van der Waals surface area (Å²) in [6.45, 7) is 0. The van der Waals surface area contributed by atoms with Gasteiger partial charge in [0, 0.05) is 6.42 Å². The lowest BCUT2D eigenvalue weighted by Crippen LogP contribution is -2.57. The van der Waals surface area contributed by atoms with Gasteiger partial charge in [-0.25, -0.2) is 13.7 Å². The number of phosphoric ester groups is 3. The van der Waals surface area contributed by atoms with Gasteiger partial charge in [-0.3, -0.25) is 13.6 Å². The van der Waals surface area contributed by atoms with Crippen LogP contribution in [0.2, 0.25) is 0 Å². The first-order valence-electron chi connectivity index (χ1n) is 5.67. The number of aliphatic hydroxyl groups is 2. The Bertz CT molecular complexity index is 545. The number of hydrogen-bond acceptors (Lipinski definition) is 8. The Morgan fingerprint density at radius 2 is 1.04 bits per heavy atom. The lowest BCUT2D eigenvalue weighted by atomic mass is 9.87. The van der Waals surface area contributed by atoms with Crippen LogP contribution in [0.15, 0.2) is 0 Å². The molecule has 14 nitrogen and oxygen atoms in total. The van der Waals surface area contributed by atoms with E-state index in [0.29, 0.717) is 0 Å². The van der Waals surface area contributed by atoms with Crippen molar-refractivity contribution in [1.82, 2.24) is 0 Å². The van der Waals surface area contributed by atoms with Gasteiger partial charge in [0.25, 0.3) is 0 Å². The second kappa shape index (κ2) is 7.24. The van der Waals surface area contributed by atoms with Gasteiger partial charge in [0.1, 0.15) is 30.5 Å².